The molecule has 0 atom stereocenters. The fourth-order valence-electron chi connectivity index (χ4n) is 4.05. The normalized spacial score (nSPS) is 11.4. The van der Waals surface area contributed by atoms with Gasteiger partial charge >= 0.3 is 0 Å². The van der Waals surface area contributed by atoms with Crippen LogP contribution in [0.3, 0.4) is 0 Å². The zero-order valence-corrected chi connectivity index (χ0v) is 16.4. The van der Waals surface area contributed by atoms with Crippen molar-refractivity contribution in [3.05, 3.63) is 90.1 Å². The molecule has 0 aliphatic rings. The fourth-order valence-corrected chi connectivity index (χ4v) is 4.05. The van der Waals surface area contributed by atoms with Crippen molar-refractivity contribution < 1.29 is 8.98 Å². The van der Waals surface area contributed by atoms with Gasteiger partial charge in [-0.3, -0.25) is 0 Å². The van der Waals surface area contributed by atoms with Gasteiger partial charge < -0.3 is 4.42 Å². The molecule has 0 saturated heterocycles. The van der Waals surface area contributed by atoms with Crippen LogP contribution in [0.2, 0.25) is 0 Å². The summed E-state index contributed by atoms with van der Waals surface area (Å²) < 4.78 is 8.61. The second kappa shape index (κ2) is 6.35. The van der Waals surface area contributed by atoms with Crippen LogP contribution in [0, 0.1) is 13.8 Å². The van der Waals surface area contributed by atoms with E-state index in [1.807, 2.05) is 0 Å². The number of pyridine rings is 1. The van der Waals surface area contributed by atoms with E-state index in [0.717, 1.165) is 22.4 Å². The minimum atomic E-state index is 0.963. The van der Waals surface area contributed by atoms with E-state index in [0.29, 0.717) is 0 Å². The van der Waals surface area contributed by atoms with E-state index in [2.05, 4.69) is 104 Å². The maximum atomic E-state index is 6.44. The van der Waals surface area contributed by atoms with Gasteiger partial charge in [0.05, 0.1) is 5.56 Å². The SMILES string of the molecule is Cc1ccc2c(oc3c(C)cccc32)c1-c1cc(-c2ccccc2)cc[n+]1C. The predicted molar refractivity (Wildman–Crippen MR) is 115 cm³/mol. The van der Waals surface area contributed by atoms with Crippen molar-refractivity contribution in [3.63, 3.8) is 0 Å². The third-order valence-corrected chi connectivity index (χ3v) is 5.59. The average molecular weight is 364 g/mol. The molecule has 2 aromatic heterocycles. The summed E-state index contributed by atoms with van der Waals surface area (Å²) in [7, 11) is 2.09. The van der Waals surface area contributed by atoms with Gasteiger partial charge in [-0.1, -0.05) is 60.7 Å². The van der Waals surface area contributed by atoms with E-state index < -0.39 is 0 Å². The minimum Gasteiger partial charge on any atom is -0.455 e. The second-order valence-corrected chi connectivity index (χ2v) is 7.47. The van der Waals surface area contributed by atoms with Gasteiger partial charge in [-0.25, -0.2) is 4.57 Å². The molecule has 0 N–H and O–H groups in total. The highest BCUT2D eigenvalue weighted by atomic mass is 16.3. The third kappa shape index (κ3) is 2.53. The van der Waals surface area contributed by atoms with Gasteiger partial charge in [-0.05, 0) is 36.1 Å². The van der Waals surface area contributed by atoms with Gasteiger partial charge in [0.25, 0.3) is 0 Å². The van der Waals surface area contributed by atoms with Crippen LogP contribution in [-0.2, 0) is 7.05 Å². The van der Waals surface area contributed by atoms with E-state index in [1.54, 1.807) is 0 Å². The molecule has 0 aliphatic heterocycles. The Labute approximate surface area is 164 Å². The van der Waals surface area contributed by atoms with Crippen molar-refractivity contribution in [3.8, 4) is 22.4 Å². The summed E-state index contributed by atoms with van der Waals surface area (Å²) in [6.07, 6.45) is 2.13. The maximum absolute atomic E-state index is 6.44. The van der Waals surface area contributed by atoms with E-state index in [4.69, 9.17) is 4.42 Å². The standard InChI is InChI=1S/C26H22NO/c1-17-12-13-22-21-11-7-8-18(2)25(21)28-26(22)24(17)23-16-20(14-15-27(23)3)19-9-5-4-6-10-19/h4-16H,1-3H3/q+1. The van der Waals surface area contributed by atoms with Crippen LogP contribution in [0.15, 0.2) is 83.4 Å². The first-order valence-corrected chi connectivity index (χ1v) is 9.60. The molecule has 3 aromatic carbocycles. The molecule has 0 unspecified atom stereocenters. The molecule has 2 nitrogen and oxygen atoms in total. The topological polar surface area (TPSA) is 17.0 Å². The molecule has 0 radical (unpaired) electrons. The fraction of sp³-hybridized carbons (Fsp3) is 0.115. The molecule has 0 bridgehead atoms. The van der Waals surface area contributed by atoms with Crippen LogP contribution in [0.4, 0.5) is 0 Å². The maximum Gasteiger partial charge on any atom is 0.216 e. The molecule has 0 spiro atoms. The van der Waals surface area contributed by atoms with E-state index in [9.17, 15) is 0 Å². The number of nitrogens with zero attached hydrogens (tertiary/aromatic N) is 1. The Kier molecular flexibility index (Phi) is 3.80. The Morgan fingerprint density at radius 1 is 0.679 bits per heavy atom. The molecule has 0 saturated carbocycles. The average Bonchev–Trinajstić information content (AvgIpc) is 3.09. The molecule has 5 aromatic rings. The van der Waals surface area contributed by atoms with Crippen LogP contribution >= 0.6 is 0 Å². The predicted octanol–water partition coefficient (Wildman–Crippen LogP) is 6.36. The van der Waals surface area contributed by atoms with E-state index >= 15 is 0 Å². The number of hydrogen-bond acceptors (Lipinski definition) is 1. The molecule has 5 rings (SSSR count). The highest BCUT2D eigenvalue weighted by molar-refractivity contribution is 6.10. The lowest BCUT2D eigenvalue weighted by Crippen LogP contribution is -2.30. The summed E-state index contributed by atoms with van der Waals surface area (Å²) in [6.45, 7) is 4.26. The smallest absolute Gasteiger partial charge is 0.216 e. The number of aryl methyl sites for hydroxylation is 3. The number of para-hydroxylation sites is 1. The van der Waals surface area contributed by atoms with Gasteiger partial charge in [0.1, 0.15) is 18.2 Å². The van der Waals surface area contributed by atoms with Crippen molar-refractivity contribution in [1.29, 1.82) is 0 Å². The van der Waals surface area contributed by atoms with Crippen molar-refractivity contribution in [2.24, 2.45) is 7.05 Å². The molecule has 0 fully saturated rings. The molecular formula is C26H22NO+. The van der Waals surface area contributed by atoms with E-state index in [-0.39, 0.29) is 0 Å². The monoisotopic (exact) mass is 364 g/mol. The number of rotatable bonds is 2. The summed E-state index contributed by atoms with van der Waals surface area (Å²) in [6, 6.07) is 25.7. The first-order chi connectivity index (χ1) is 13.6. The largest absolute Gasteiger partial charge is 0.455 e. The molecule has 136 valence electrons. The molecule has 2 heteroatoms. The minimum absolute atomic E-state index is 0.963. The first kappa shape index (κ1) is 16.8. The summed E-state index contributed by atoms with van der Waals surface area (Å²) in [5, 5.41) is 2.35. The second-order valence-electron chi connectivity index (χ2n) is 7.47. The van der Waals surface area contributed by atoms with Gasteiger partial charge in [0.15, 0.2) is 6.20 Å². The van der Waals surface area contributed by atoms with Crippen molar-refractivity contribution in [1.82, 2.24) is 0 Å². The van der Waals surface area contributed by atoms with Gasteiger partial charge in [0, 0.05) is 22.9 Å². The summed E-state index contributed by atoms with van der Waals surface area (Å²) in [5.74, 6) is 0. The Hall–Kier alpha value is -3.39. The Balaban J connectivity index is 1.83. The Morgan fingerprint density at radius 2 is 1.46 bits per heavy atom. The van der Waals surface area contributed by atoms with Crippen molar-refractivity contribution in [2.75, 3.05) is 0 Å². The van der Waals surface area contributed by atoms with Crippen LogP contribution in [-0.4, -0.2) is 0 Å². The lowest BCUT2D eigenvalue weighted by atomic mass is 9.98. The van der Waals surface area contributed by atoms with Crippen LogP contribution < -0.4 is 4.57 Å². The number of aromatic nitrogens is 1. The quantitative estimate of drug-likeness (QED) is 0.333. The molecule has 0 amide bonds. The van der Waals surface area contributed by atoms with Crippen molar-refractivity contribution in [2.45, 2.75) is 13.8 Å². The first-order valence-electron chi connectivity index (χ1n) is 9.60. The number of furan rings is 1. The Bertz CT molecular complexity index is 1330. The number of fused-ring (bicyclic) bond motifs is 3. The molecule has 0 aliphatic carbocycles. The highest BCUT2D eigenvalue weighted by Crippen LogP contribution is 2.38. The summed E-state index contributed by atoms with van der Waals surface area (Å²) in [4.78, 5) is 0. The van der Waals surface area contributed by atoms with Gasteiger partial charge in [-0.2, -0.15) is 0 Å². The van der Waals surface area contributed by atoms with E-state index in [1.165, 1.54) is 33.0 Å². The van der Waals surface area contributed by atoms with Gasteiger partial charge in [0.2, 0.25) is 5.69 Å². The molecular weight excluding hydrogens is 342 g/mol. The van der Waals surface area contributed by atoms with Crippen LogP contribution in [0.1, 0.15) is 11.1 Å². The number of benzene rings is 3. The lowest BCUT2D eigenvalue weighted by molar-refractivity contribution is -0.660. The Morgan fingerprint density at radius 3 is 2.29 bits per heavy atom. The zero-order chi connectivity index (χ0) is 19.3. The highest BCUT2D eigenvalue weighted by Gasteiger charge is 2.21. The summed E-state index contributed by atoms with van der Waals surface area (Å²) >= 11 is 0. The van der Waals surface area contributed by atoms with Crippen LogP contribution in [0.25, 0.3) is 44.3 Å². The number of hydrogen-bond donors (Lipinski definition) is 0. The zero-order valence-electron chi connectivity index (χ0n) is 16.4. The molecule has 28 heavy (non-hydrogen) atoms. The molecule has 2 heterocycles. The summed E-state index contributed by atoms with van der Waals surface area (Å²) in [5.41, 5.74) is 9.06. The van der Waals surface area contributed by atoms with Crippen LogP contribution in [0.5, 0.6) is 0 Å². The third-order valence-electron chi connectivity index (χ3n) is 5.59. The van der Waals surface area contributed by atoms with Gasteiger partial charge in [-0.15, -0.1) is 0 Å². The lowest BCUT2D eigenvalue weighted by Gasteiger charge is -2.08. The van der Waals surface area contributed by atoms with Crippen molar-refractivity contribution >= 4 is 21.9 Å².